The lowest BCUT2D eigenvalue weighted by Crippen LogP contribution is -2.45. The van der Waals surface area contributed by atoms with E-state index in [1.165, 1.54) is 22.8 Å². The fourth-order valence-electron chi connectivity index (χ4n) is 4.45. The summed E-state index contributed by atoms with van der Waals surface area (Å²) in [7, 11) is 0. The average molecular weight is 533 g/mol. The van der Waals surface area contributed by atoms with Crippen LogP contribution in [0.3, 0.4) is 0 Å². The predicted octanol–water partition coefficient (Wildman–Crippen LogP) is 5.09. The van der Waals surface area contributed by atoms with Crippen LogP contribution in [0.25, 0.3) is 16.8 Å². The van der Waals surface area contributed by atoms with Gasteiger partial charge in [0.2, 0.25) is 5.95 Å². The number of aromatic nitrogens is 3. The SMILES string of the molecule is CCCN(CCC)c1nc(=O)n(Cc2ccccc2-c2ccccc2)c(=O)n1-c1ccc(C(=O)O)c(Cl)c1. The van der Waals surface area contributed by atoms with Gasteiger partial charge >= 0.3 is 17.3 Å². The Labute approximate surface area is 225 Å². The van der Waals surface area contributed by atoms with Crippen molar-refractivity contribution in [2.24, 2.45) is 0 Å². The van der Waals surface area contributed by atoms with Crippen molar-refractivity contribution in [3.63, 3.8) is 0 Å². The molecular weight excluding hydrogens is 504 g/mol. The standard InChI is InChI=1S/C29H29ClN4O4/c1-3-16-32(17-4-2)27-31-28(37)33(19-21-12-8-9-13-23(21)20-10-6-5-7-11-20)29(38)34(27)22-14-15-24(26(35)36)25(30)18-22/h5-15,18H,3-4,16-17,19H2,1-2H3,(H,35,36). The van der Waals surface area contributed by atoms with Crippen LogP contribution in [0, 0.1) is 0 Å². The summed E-state index contributed by atoms with van der Waals surface area (Å²) in [5, 5.41) is 9.39. The van der Waals surface area contributed by atoms with E-state index in [2.05, 4.69) is 4.98 Å². The summed E-state index contributed by atoms with van der Waals surface area (Å²) in [6.07, 6.45) is 1.56. The molecule has 0 amide bonds. The van der Waals surface area contributed by atoms with Gasteiger partial charge in [0.25, 0.3) is 0 Å². The van der Waals surface area contributed by atoms with Crippen molar-refractivity contribution < 1.29 is 9.90 Å². The second-order valence-electron chi connectivity index (χ2n) is 8.88. The molecule has 9 heteroatoms. The number of benzene rings is 3. The summed E-state index contributed by atoms with van der Waals surface area (Å²) in [5.41, 5.74) is 1.67. The largest absolute Gasteiger partial charge is 0.478 e. The van der Waals surface area contributed by atoms with Crippen LogP contribution in [0.5, 0.6) is 0 Å². The third kappa shape index (κ3) is 5.55. The molecule has 0 unspecified atom stereocenters. The summed E-state index contributed by atoms with van der Waals surface area (Å²) in [5.74, 6) is -0.969. The van der Waals surface area contributed by atoms with Crippen molar-refractivity contribution in [3.05, 3.63) is 110 Å². The first-order valence-corrected chi connectivity index (χ1v) is 12.9. The van der Waals surface area contributed by atoms with Crippen LogP contribution < -0.4 is 16.3 Å². The Hall–Kier alpha value is -4.17. The molecule has 0 spiro atoms. The molecule has 0 aliphatic heterocycles. The van der Waals surface area contributed by atoms with Gasteiger partial charge in [-0.2, -0.15) is 4.98 Å². The number of halogens is 1. The number of carboxylic acids is 1. The summed E-state index contributed by atoms with van der Waals surface area (Å²) in [6.45, 7) is 5.19. The molecule has 0 saturated carbocycles. The van der Waals surface area contributed by atoms with Crippen LogP contribution in [0.2, 0.25) is 5.02 Å². The maximum atomic E-state index is 14.0. The van der Waals surface area contributed by atoms with Crippen molar-refractivity contribution in [1.29, 1.82) is 0 Å². The van der Waals surface area contributed by atoms with E-state index in [0.717, 1.165) is 34.1 Å². The molecule has 196 valence electrons. The first kappa shape index (κ1) is 26.9. The van der Waals surface area contributed by atoms with E-state index in [0.29, 0.717) is 18.8 Å². The predicted molar refractivity (Wildman–Crippen MR) is 150 cm³/mol. The van der Waals surface area contributed by atoms with Gasteiger partial charge in [0.05, 0.1) is 22.8 Å². The molecule has 8 nitrogen and oxygen atoms in total. The molecule has 1 heterocycles. The van der Waals surface area contributed by atoms with Crippen LogP contribution in [0.15, 0.2) is 82.4 Å². The molecule has 4 rings (SSSR count). The zero-order chi connectivity index (χ0) is 27.2. The maximum Gasteiger partial charge on any atom is 0.355 e. The van der Waals surface area contributed by atoms with E-state index in [-0.39, 0.29) is 23.1 Å². The molecule has 3 aromatic carbocycles. The van der Waals surface area contributed by atoms with Crippen LogP contribution in [-0.4, -0.2) is 38.3 Å². The molecule has 0 saturated heterocycles. The third-order valence-corrected chi connectivity index (χ3v) is 6.50. The van der Waals surface area contributed by atoms with Gasteiger partial charge in [-0.3, -0.25) is 0 Å². The van der Waals surface area contributed by atoms with Gasteiger partial charge in [-0.25, -0.2) is 23.5 Å². The number of carbonyl (C=O) groups is 1. The Morgan fingerprint density at radius 3 is 2.24 bits per heavy atom. The minimum Gasteiger partial charge on any atom is -0.478 e. The maximum absolute atomic E-state index is 14.0. The van der Waals surface area contributed by atoms with Crippen molar-refractivity contribution >= 4 is 23.5 Å². The Kier molecular flexibility index (Phi) is 8.43. The minimum absolute atomic E-state index is 0.0124. The quantitative estimate of drug-likeness (QED) is 0.305. The second kappa shape index (κ2) is 11.9. The molecular formula is C29H29ClN4O4. The van der Waals surface area contributed by atoms with Crippen LogP contribution in [0.1, 0.15) is 42.6 Å². The van der Waals surface area contributed by atoms with Crippen LogP contribution >= 0.6 is 11.6 Å². The van der Waals surface area contributed by atoms with Gasteiger partial charge in [0.15, 0.2) is 0 Å². The minimum atomic E-state index is -1.17. The van der Waals surface area contributed by atoms with E-state index in [1.807, 2.05) is 73.3 Å². The Bertz CT molecular complexity index is 1560. The normalized spacial score (nSPS) is 10.9. The second-order valence-corrected chi connectivity index (χ2v) is 9.29. The van der Waals surface area contributed by atoms with Crippen LogP contribution in [0.4, 0.5) is 5.95 Å². The van der Waals surface area contributed by atoms with Gasteiger partial charge < -0.3 is 10.0 Å². The number of hydrogen-bond acceptors (Lipinski definition) is 5. The summed E-state index contributed by atoms with van der Waals surface area (Å²) in [6, 6.07) is 21.6. The highest BCUT2D eigenvalue weighted by Gasteiger charge is 2.21. The monoisotopic (exact) mass is 532 g/mol. The molecule has 0 aliphatic rings. The van der Waals surface area contributed by atoms with E-state index in [1.54, 1.807) is 0 Å². The van der Waals surface area contributed by atoms with E-state index in [9.17, 15) is 19.5 Å². The highest BCUT2D eigenvalue weighted by atomic mass is 35.5. The fraction of sp³-hybridized carbons (Fsp3) is 0.241. The van der Waals surface area contributed by atoms with Gasteiger partial charge in [0.1, 0.15) is 0 Å². The topological polar surface area (TPSA) is 97.4 Å². The highest BCUT2D eigenvalue weighted by molar-refractivity contribution is 6.33. The summed E-state index contributed by atoms with van der Waals surface area (Å²) >= 11 is 6.27. The Balaban J connectivity index is 1.93. The number of hydrogen-bond donors (Lipinski definition) is 1. The number of aromatic carboxylic acids is 1. The fourth-order valence-corrected chi connectivity index (χ4v) is 4.71. The van der Waals surface area contributed by atoms with Crippen molar-refractivity contribution in [2.75, 3.05) is 18.0 Å². The zero-order valence-electron chi connectivity index (χ0n) is 21.3. The average Bonchev–Trinajstić information content (AvgIpc) is 2.91. The number of carboxylic acid groups (broad SMARTS) is 1. The molecule has 1 N–H and O–H groups in total. The van der Waals surface area contributed by atoms with Crippen molar-refractivity contribution in [3.8, 4) is 16.8 Å². The van der Waals surface area contributed by atoms with Crippen LogP contribution in [-0.2, 0) is 6.54 Å². The van der Waals surface area contributed by atoms with Crippen molar-refractivity contribution in [1.82, 2.24) is 14.1 Å². The molecule has 0 fully saturated rings. The molecule has 0 bridgehead atoms. The molecule has 0 aliphatic carbocycles. The van der Waals surface area contributed by atoms with Gasteiger partial charge in [-0.05, 0) is 47.7 Å². The first-order chi connectivity index (χ1) is 18.3. The molecule has 0 radical (unpaired) electrons. The smallest absolute Gasteiger partial charge is 0.355 e. The van der Waals surface area contributed by atoms with E-state index < -0.39 is 17.3 Å². The van der Waals surface area contributed by atoms with E-state index >= 15 is 0 Å². The molecule has 1 aromatic heterocycles. The molecule has 0 atom stereocenters. The van der Waals surface area contributed by atoms with Gasteiger partial charge in [-0.15, -0.1) is 0 Å². The van der Waals surface area contributed by atoms with Crippen molar-refractivity contribution in [2.45, 2.75) is 33.2 Å². The summed E-state index contributed by atoms with van der Waals surface area (Å²) in [4.78, 5) is 45.1. The van der Waals surface area contributed by atoms with Gasteiger partial charge in [-0.1, -0.05) is 80.0 Å². The third-order valence-electron chi connectivity index (χ3n) is 6.19. The molecule has 4 aromatic rings. The zero-order valence-corrected chi connectivity index (χ0v) is 22.1. The lowest BCUT2D eigenvalue weighted by atomic mass is 10.00. The first-order valence-electron chi connectivity index (χ1n) is 12.5. The van der Waals surface area contributed by atoms with E-state index in [4.69, 9.17) is 11.6 Å². The highest BCUT2D eigenvalue weighted by Crippen LogP contribution is 2.25. The molecule has 38 heavy (non-hydrogen) atoms. The lowest BCUT2D eigenvalue weighted by Gasteiger charge is -2.26. The lowest BCUT2D eigenvalue weighted by molar-refractivity contribution is 0.0697. The van der Waals surface area contributed by atoms with Gasteiger partial charge in [0, 0.05) is 13.1 Å². The summed E-state index contributed by atoms with van der Waals surface area (Å²) < 4.78 is 2.44. The Morgan fingerprint density at radius 2 is 1.61 bits per heavy atom. The number of rotatable bonds is 10. The Morgan fingerprint density at radius 1 is 0.947 bits per heavy atom. The number of anilines is 1. The number of nitrogens with zero attached hydrogens (tertiary/aromatic N) is 4.